The molecule has 5 heteroatoms. The lowest BCUT2D eigenvalue weighted by atomic mass is 10.0. The van der Waals surface area contributed by atoms with Crippen molar-refractivity contribution in [3.63, 3.8) is 0 Å². The van der Waals surface area contributed by atoms with Gasteiger partial charge in [0.25, 0.3) is 0 Å². The molecule has 2 aromatic rings. The van der Waals surface area contributed by atoms with Gasteiger partial charge in [-0.05, 0) is 47.2 Å². The van der Waals surface area contributed by atoms with Gasteiger partial charge in [-0.25, -0.2) is 4.79 Å². The molecule has 2 amide bonds. The smallest absolute Gasteiger partial charge is 0.318 e. The Bertz CT molecular complexity index is 895. The molecule has 150 valence electrons. The van der Waals surface area contributed by atoms with Crippen LogP contribution in [0.1, 0.15) is 24.0 Å². The predicted molar refractivity (Wildman–Crippen MR) is 113 cm³/mol. The molecule has 1 saturated heterocycles. The van der Waals surface area contributed by atoms with Crippen molar-refractivity contribution in [1.29, 1.82) is 0 Å². The van der Waals surface area contributed by atoms with E-state index in [1.54, 1.807) is 4.90 Å². The van der Waals surface area contributed by atoms with Gasteiger partial charge < -0.3 is 19.7 Å². The van der Waals surface area contributed by atoms with Crippen LogP contribution in [0.15, 0.2) is 42.5 Å². The summed E-state index contributed by atoms with van der Waals surface area (Å²) < 4.78 is 11.2. The number of rotatable bonds is 6. The SMILES string of the molecule is C#CCN(CC1CCCO1)C(=O)NCc1ccc(-c2ccc3c(c2)CCO3)cc1. The highest BCUT2D eigenvalue weighted by Crippen LogP contribution is 2.30. The molecule has 0 bridgehead atoms. The van der Waals surface area contributed by atoms with Crippen LogP contribution in [-0.4, -0.2) is 43.3 Å². The van der Waals surface area contributed by atoms with E-state index in [0.717, 1.165) is 49.4 Å². The van der Waals surface area contributed by atoms with Gasteiger partial charge in [-0.15, -0.1) is 6.42 Å². The number of urea groups is 1. The molecule has 4 rings (SSSR count). The molecule has 0 aromatic heterocycles. The number of benzene rings is 2. The first-order valence-electron chi connectivity index (χ1n) is 10.2. The van der Waals surface area contributed by atoms with Crippen LogP contribution in [-0.2, 0) is 17.7 Å². The van der Waals surface area contributed by atoms with Gasteiger partial charge in [0, 0.05) is 26.1 Å². The Labute approximate surface area is 172 Å². The summed E-state index contributed by atoms with van der Waals surface area (Å²) >= 11 is 0. The normalized spacial score (nSPS) is 17.3. The standard InChI is InChI=1S/C24H26N2O3/c1-2-12-26(17-22-4-3-13-28-22)24(27)25-16-18-5-7-19(8-6-18)20-9-10-23-21(15-20)11-14-29-23/h1,5-10,15,22H,3-4,11-14,16-17H2,(H,25,27). The number of amides is 2. The maximum atomic E-state index is 12.5. The molecule has 29 heavy (non-hydrogen) atoms. The monoisotopic (exact) mass is 390 g/mol. The molecule has 2 heterocycles. The Hall–Kier alpha value is -2.97. The Morgan fingerprint density at radius 2 is 2.00 bits per heavy atom. The van der Waals surface area contributed by atoms with Crippen LogP contribution in [0, 0.1) is 12.3 Å². The van der Waals surface area contributed by atoms with Gasteiger partial charge in [-0.3, -0.25) is 0 Å². The van der Waals surface area contributed by atoms with Crippen LogP contribution in [0.2, 0.25) is 0 Å². The molecule has 0 spiro atoms. The highest BCUT2D eigenvalue weighted by Gasteiger charge is 2.22. The summed E-state index contributed by atoms with van der Waals surface area (Å²) in [4.78, 5) is 14.2. The minimum atomic E-state index is -0.152. The van der Waals surface area contributed by atoms with Crippen LogP contribution in [0.25, 0.3) is 11.1 Å². The summed E-state index contributed by atoms with van der Waals surface area (Å²) in [7, 11) is 0. The fraction of sp³-hybridized carbons (Fsp3) is 0.375. The molecule has 2 aliphatic heterocycles. The average molecular weight is 390 g/mol. The lowest BCUT2D eigenvalue weighted by Crippen LogP contribution is -2.43. The Kier molecular flexibility index (Phi) is 6.02. The van der Waals surface area contributed by atoms with Crippen molar-refractivity contribution in [2.75, 3.05) is 26.3 Å². The molecule has 1 unspecified atom stereocenters. The Balaban J connectivity index is 1.34. The maximum Gasteiger partial charge on any atom is 0.318 e. The molecule has 1 fully saturated rings. The van der Waals surface area contributed by atoms with Crippen LogP contribution < -0.4 is 10.1 Å². The van der Waals surface area contributed by atoms with Gasteiger partial charge >= 0.3 is 6.03 Å². The highest BCUT2D eigenvalue weighted by atomic mass is 16.5. The molecule has 0 saturated carbocycles. The zero-order chi connectivity index (χ0) is 20.1. The Morgan fingerprint density at radius 3 is 2.76 bits per heavy atom. The molecule has 5 nitrogen and oxygen atoms in total. The fourth-order valence-electron chi connectivity index (χ4n) is 3.83. The largest absolute Gasteiger partial charge is 0.493 e. The van der Waals surface area contributed by atoms with Crippen molar-refractivity contribution in [2.45, 2.75) is 31.9 Å². The van der Waals surface area contributed by atoms with Gasteiger partial charge in [0.1, 0.15) is 5.75 Å². The zero-order valence-corrected chi connectivity index (χ0v) is 16.5. The van der Waals surface area contributed by atoms with Crippen LogP contribution in [0.3, 0.4) is 0 Å². The number of hydrogen-bond acceptors (Lipinski definition) is 3. The number of hydrogen-bond donors (Lipinski definition) is 1. The molecular formula is C24H26N2O3. The van der Waals surface area contributed by atoms with E-state index < -0.39 is 0 Å². The number of nitrogens with zero attached hydrogens (tertiary/aromatic N) is 1. The van der Waals surface area contributed by atoms with E-state index in [1.807, 2.05) is 18.2 Å². The molecular weight excluding hydrogens is 364 g/mol. The second-order valence-electron chi connectivity index (χ2n) is 7.50. The maximum absolute atomic E-state index is 12.5. The molecule has 0 aliphatic carbocycles. The van der Waals surface area contributed by atoms with Crippen LogP contribution in [0.4, 0.5) is 4.79 Å². The summed E-state index contributed by atoms with van der Waals surface area (Å²) in [5.41, 5.74) is 4.65. The van der Waals surface area contributed by atoms with Crippen molar-refractivity contribution in [3.05, 3.63) is 53.6 Å². The van der Waals surface area contributed by atoms with E-state index >= 15 is 0 Å². The van der Waals surface area contributed by atoms with Crippen molar-refractivity contribution in [3.8, 4) is 29.2 Å². The number of nitrogens with one attached hydrogen (secondary N) is 1. The minimum absolute atomic E-state index is 0.0890. The second-order valence-corrected chi connectivity index (χ2v) is 7.50. The minimum Gasteiger partial charge on any atom is -0.493 e. The Morgan fingerprint density at radius 1 is 1.17 bits per heavy atom. The van der Waals surface area contributed by atoms with Crippen molar-refractivity contribution in [1.82, 2.24) is 10.2 Å². The zero-order valence-electron chi connectivity index (χ0n) is 16.5. The quantitative estimate of drug-likeness (QED) is 0.767. The summed E-state index contributed by atoms with van der Waals surface area (Å²) in [6.07, 6.45) is 8.51. The molecule has 2 aromatic carbocycles. The molecule has 2 aliphatic rings. The third-order valence-corrected chi connectivity index (χ3v) is 5.44. The van der Waals surface area contributed by atoms with Gasteiger partial charge in [-0.2, -0.15) is 0 Å². The van der Waals surface area contributed by atoms with E-state index in [9.17, 15) is 4.79 Å². The van der Waals surface area contributed by atoms with E-state index in [-0.39, 0.29) is 18.7 Å². The first kappa shape index (κ1) is 19.4. The number of ether oxygens (including phenoxy) is 2. The summed E-state index contributed by atoms with van der Waals surface area (Å²) in [6, 6.07) is 14.4. The van der Waals surface area contributed by atoms with Gasteiger partial charge in [0.15, 0.2) is 0 Å². The van der Waals surface area contributed by atoms with E-state index in [1.165, 1.54) is 11.1 Å². The number of fused-ring (bicyclic) bond motifs is 1. The molecule has 0 radical (unpaired) electrons. The van der Waals surface area contributed by atoms with E-state index in [0.29, 0.717) is 13.1 Å². The second kappa shape index (κ2) is 9.02. The van der Waals surface area contributed by atoms with Gasteiger partial charge in [0.05, 0.1) is 19.3 Å². The van der Waals surface area contributed by atoms with Gasteiger partial charge in [0.2, 0.25) is 0 Å². The molecule has 1 atom stereocenters. The van der Waals surface area contributed by atoms with Gasteiger partial charge in [-0.1, -0.05) is 36.3 Å². The number of carbonyl (C=O) groups is 1. The van der Waals surface area contributed by atoms with Crippen LogP contribution >= 0.6 is 0 Å². The first-order chi connectivity index (χ1) is 14.2. The fourth-order valence-corrected chi connectivity index (χ4v) is 3.83. The summed E-state index contributed by atoms with van der Waals surface area (Å²) in [5.74, 6) is 3.56. The topological polar surface area (TPSA) is 50.8 Å². The van der Waals surface area contributed by atoms with E-state index in [2.05, 4.69) is 35.5 Å². The van der Waals surface area contributed by atoms with Crippen molar-refractivity contribution < 1.29 is 14.3 Å². The number of carbonyl (C=O) groups excluding carboxylic acids is 1. The van der Waals surface area contributed by atoms with Crippen molar-refractivity contribution >= 4 is 6.03 Å². The van der Waals surface area contributed by atoms with Crippen molar-refractivity contribution in [2.24, 2.45) is 0 Å². The van der Waals surface area contributed by atoms with E-state index in [4.69, 9.17) is 15.9 Å². The first-order valence-corrected chi connectivity index (χ1v) is 10.2. The third kappa shape index (κ3) is 4.72. The number of terminal acetylenes is 1. The molecule has 1 N–H and O–H groups in total. The summed E-state index contributed by atoms with van der Waals surface area (Å²) in [5, 5.41) is 2.97. The third-order valence-electron chi connectivity index (χ3n) is 5.44. The lowest BCUT2D eigenvalue weighted by Gasteiger charge is -2.23. The van der Waals surface area contributed by atoms with Crippen LogP contribution in [0.5, 0.6) is 5.75 Å². The lowest BCUT2D eigenvalue weighted by molar-refractivity contribution is 0.0846. The highest BCUT2D eigenvalue weighted by molar-refractivity contribution is 5.74. The predicted octanol–water partition coefficient (Wildman–Crippen LogP) is 3.61. The summed E-state index contributed by atoms with van der Waals surface area (Å²) in [6.45, 7) is 2.81. The average Bonchev–Trinajstić information content (AvgIpc) is 3.43.